The number of carbonyl (C=O) groups is 1. The van der Waals surface area contributed by atoms with Gasteiger partial charge in [-0.05, 0) is 48.1 Å². The fraction of sp³-hybridized carbons (Fsp3) is 0.632. The molecule has 1 saturated carbocycles. The summed E-state index contributed by atoms with van der Waals surface area (Å²) in [5.74, 6) is 0.539. The van der Waals surface area contributed by atoms with Crippen LogP contribution in [0.5, 0.6) is 0 Å². The minimum atomic E-state index is 0. The first kappa shape index (κ1) is 18.3. The molecule has 1 fully saturated rings. The highest BCUT2D eigenvalue weighted by Crippen LogP contribution is 2.41. The van der Waals surface area contributed by atoms with Gasteiger partial charge in [0.25, 0.3) is 0 Å². The molecule has 0 radical (unpaired) electrons. The Morgan fingerprint density at radius 1 is 1.26 bits per heavy atom. The Bertz CT molecular complexity index is 558. The minimum Gasteiger partial charge on any atom is -0.349 e. The SMILES string of the molecule is CC1(C)CCC(NC(=O)C[C@@H]2CCC[C@H]2N)c2ccccc21.Cl. The zero-order valence-electron chi connectivity index (χ0n) is 14.2. The largest absolute Gasteiger partial charge is 0.349 e. The van der Waals surface area contributed by atoms with Crippen LogP contribution in [0.3, 0.4) is 0 Å². The van der Waals surface area contributed by atoms with Crippen molar-refractivity contribution in [3.05, 3.63) is 35.4 Å². The summed E-state index contributed by atoms with van der Waals surface area (Å²) in [6, 6.07) is 8.93. The lowest BCUT2D eigenvalue weighted by Crippen LogP contribution is -2.37. The van der Waals surface area contributed by atoms with E-state index >= 15 is 0 Å². The number of benzene rings is 1. The standard InChI is InChI=1S/C19H28N2O.ClH/c1-19(2)11-10-17(14-7-3-4-8-15(14)19)21-18(22)12-13-6-5-9-16(13)20;/h3-4,7-8,13,16-17H,5-6,9-12,20H2,1-2H3,(H,21,22);1H/t13-,16+,17?;/m0./s1. The van der Waals surface area contributed by atoms with Gasteiger partial charge in [0.2, 0.25) is 5.91 Å². The van der Waals surface area contributed by atoms with E-state index in [1.165, 1.54) is 17.5 Å². The maximum atomic E-state index is 12.4. The Balaban J connectivity index is 0.00000192. The topological polar surface area (TPSA) is 55.1 Å². The fourth-order valence-corrected chi connectivity index (χ4v) is 4.17. The van der Waals surface area contributed by atoms with Crippen LogP contribution < -0.4 is 11.1 Å². The Kier molecular flexibility index (Phi) is 5.74. The molecule has 0 aromatic heterocycles. The normalized spacial score (nSPS) is 28.6. The van der Waals surface area contributed by atoms with Crippen molar-refractivity contribution in [2.24, 2.45) is 11.7 Å². The molecule has 2 aliphatic rings. The molecular formula is C19H29ClN2O. The molecule has 1 aromatic carbocycles. The van der Waals surface area contributed by atoms with E-state index < -0.39 is 0 Å². The molecule has 4 heteroatoms. The summed E-state index contributed by atoms with van der Waals surface area (Å²) in [7, 11) is 0. The maximum absolute atomic E-state index is 12.4. The van der Waals surface area contributed by atoms with Crippen LogP contribution in [-0.2, 0) is 10.2 Å². The second kappa shape index (κ2) is 7.23. The first-order chi connectivity index (χ1) is 10.5. The highest BCUT2D eigenvalue weighted by atomic mass is 35.5. The van der Waals surface area contributed by atoms with Gasteiger partial charge in [-0.1, -0.05) is 44.5 Å². The summed E-state index contributed by atoms with van der Waals surface area (Å²) in [6.45, 7) is 4.59. The minimum absolute atomic E-state index is 0. The molecule has 2 aliphatic carbocycles. The second-order valence-electron chi connectivity index (χ2n) is 7.69. The highest BCUT2D eigenvalue weighted by molar-refractivity contribution is 5.85. The Labute approximate surface area is 145 Å². The Morgan fingerprint density at radius 3 is 2.70 bits per heavy atom. The number of nitrogens with one attached hydrogen (secondary N) is 1. The zero-order valence-corrected chi connectivity index (χ0v) is 15.0. The number of hydrogen-bond donors (Lipinski definition) is 2. The molecule has 0 bridgehead atoms. The third-order valence-corrected chi connectivity index (χ3v) is 5.62. The first-order valence-corrected chi connectivity index (χ1v) is 8.62. The molecule has 1 amide bonds. The van der Waals surface area contributed by atoms with Gasteiger partial charge in [-0.25, -0.2) is 0 Å². The van der Waals surface area contributed by atoms with E-state index in [4.69, 9.17) is 5.73 Å². The third kappa shape index (κ3) is 3.89. The van der Waals surface area contributed by atoms with Gasteiger partial charge >= 0.3 is 0 Å². The molecule has 3 N–H and O–H groups in total. The number of hydrogen-bond acceptors (Lipinski definition) is 2. The maximum Gasteiger partial charge on any atom is 0.220 e. The second-order valence-corrected chi connectivity index (χ2v) is 7.69. The summed E-state index contributed by atoms with van der Waals surface area (Å²) >= 11 is 0. The first-order valence-electron chi connectivity index (χ1n) is 8.62. The number of fused-ring (bicyclic) bond motifs is 1. The van der Waals surface area contributed by atoms with Crippen LogP contribution in [0.1, 0.15) is 69.5 Å². The predicted octanol–water partition coefficient (Wildman–Crippen LogP) is 3.85. The lowest BCUT2D eigenvalue weighted by Gasteiger charge is -2.37. The van der Waals surface area contributed by atoms with Crippen molar-refractivity contribution >= 4 is 18.3 Å². The van der Waals surface area contributed by atoms with Crippen LogP contribution >= 0.6 is 12.4 Å². The van der Waals surface area contributed by atoms with E-state index in [9.17, 15) is 4.79 Å². The molecule has 0 spiro atoms. The molecule has 0 saturated heterocycles. The molecule has 3 rings (SSSR count). The average Bonchev–Trinajstić information content (AvgIpc) is 2.88. The monoisotopic (exact) mass is 336 g/mol. The van der Waals surface area contributed by atoms with Gasteiger partial charge in [-0.15, -0.1) is 12.4 Å². The predicted molar refractivity (Wildman–Crippen MR) is 96.8 cm³/mol. The molecule has 23 heavy (non-hydrogen) atoms. The smallest absolute Gasteiger partial charge is 0.220 e. The molecule has 3 atom stereocenters. The molecule has 1 aromatic rings. The van der Waals surface area contributed by atoms with Crippen LogP contribution in [0.25, 0.3) is 0 Å². The fourth-order valence-electron chi connectivity index (χ4n) is 4.17. The number of nitrogens with two attached hydrogens (primary N) is 1. The van der Waals surface area contributed by atoms with E-state index in [0.29, 0.717) is 12.3 Å². The summed E-state index contributed by atoms with van der Waals surface area (Å²) in [6.07, 6.45) is 6.05. The van der Waals surface area contributed by atoms with Crippen molar-refractivity contribution < 1.29 is 4.79 Å². The lowest BCUT2D eigenvalue weighted by atomic mass is 9.71. The van der Waals surface area contributed by atoms with Gasteiger partial charge in [-0.2, -0.15) is 0 Å². The van der Waals surface area contributed by atoms with Crippen molar-refractivity contribution in [1.82, 2.24) is 5.32 Å². The van der Waals surface area contributed by atoms with E-state index in [-0.39, 0.29) is 35.8 Å². The van der Waals surface area contributed by atoms with E-state index in [0.717, 1.165) is 25.7 Å². The van der Waals surface area contributed by atoms with E-state index in [1.54, 1.807) is 0 Å². The van der Waals surface area contributed by atoms with Gasteiger partial charge in [-0.3, -0.25) is 4.79 Å². The highest BCUT2D eigenvalue weighted by Gasteiger charge is 2.33. The third-order valence-electron chi connectivity index (χ3n) is 5.62. The van der Waals surface area contributed by atoms with Gasteiger partial charge < -0.3 is 11.1 Å². The van der Waals surface area contributed by atoms with Crippen molar-refractivity contribution in [3.63, 3.8) is 0 Å². The zero-order chi connectivity index (χ0) is 15.7. The summed E-state index contributed by atoms with van der Waals surface area (Å²) in [5.41, 5.74) is 8.97. The lowest BCUT2D eigenvalue weighted by molar-refractivity contribution is -0.123. The average molecular weight is 337 g/mol. The van der Waals surface area contributed by atoms with Crippen LogP contribution in [-0.4, -0.2) is 11.9 Å². The number of carbonyl (C=O) groups excluding carboxylic acids is 1. The Hall–Kier alpha value is -1.06. The number of halogens is 1. The van der Waals surface area contributed by atoms with E-state index in [1.807, 2.05) is 0 Å². The summed E-state index contributed by atoms with van der Waals surface area (Å²) in [4.78, 5) is 12.4. The van der Waals surface area contributed by atoms with Gasteiger partial charge in [0.1, 0.15) is 0 Å². The van der Waals surface area contributed by atoms with Crippen molar-refractivity contribution in [1.29, 1.82) is 0 Å². The van der Waals surface area contributed by atoms with Crippen molar-refractivity contribution in [3.8, 4) is 0 Å². The molecule has 1 unspecified atom stereocenters. The van der Waals surface area contributed by atoms with Gasteiger partial charge in [0.15, 0.2) is 0 Å². The summed E-state index contributed by atoms with van der Waals surface area (Å²) in [5, 5.41) is 3.27. The van der Waals surface area contributed by atoms with E-state index in [2.05, 4.69) is 43.4 Å². The quantitative estimate of drug-likeness (QED) is 0.880. The molecule has 3 nitrogen and oxygen atoms in total. The molecule has 128 valence electrons. The number of rotatable bonds is 3. The Morgan fingerprint density at radius 2 is 2.00 bits per heavy atom. The van der Waals surface area contributed by atoms with Crippen LogP contribution in [0, 0.1) is 5.92 Å². The molecule has 0 aliphatic heterocycles. The van der Waals surface area contributed by atoms with Crippen LogP contribution in [0.15, 0.2) is 24.3 Å². The molecule has 0 heterocycles. The van der Waals surface area contributed by atoms with Gasteiger partial charge in [0.05, 0.1) is 6.04 Å². The van der Waals surface area contributed by atoms with Crippen LogP contribution in [0.4, 0.5) is 0 Å². The van der Waals surface area contributed by atoms with Gasteiger partial charge in [0, 0.05) is 12.5 Å². The molecular weight excluding hydrogens is 308 g/mol. The number of amides is 1. The van der Waals surface area contributed by atoms with Crippen LogP contribution in [0.2, 0.25) is 0 Å². The van der Waals surface area contributed by atoms with Crippen molar-refractivity contribution in [2.75, 3.05) is 0 Å². The van der Waals surface area contributed by atoms with Crippen molar-refractivity contribution in [2.45, 2.75) is 69.9 Å². The summed E-state index contributed by atoms with van der Waals surface area (Å²) < 4.78 is 0.